The lowest BCUT2D eigenvalue weighted by Gasteiger charge is -2.37. The van der Waals surface area contributed by atoms with E-state index < -0.39 is 4.92 Å². The molecule has 0 aromatic carbocycles. The zero-order valence-electron chi connectivity index (χ0n) is 12.6. The van der Waals surface area contributed by atoms with Crippen molar-refractivity contribution >= 4 is 17.5 Å². The van der Waals surface area contributed by atoms with Crippen LogP contribution in [0.5, 0.6) is 0 Å². The highest BCUT2D eigenvalue weighted by Crippen LogP contribution is 2.39. The predicted molar refractivity (Wildman–Crippen MR) is 83.0 cm³/mol. The van der Waals surface area contributed by atoms with Gasteiger partial charge >= 0.3 is 5.69 Å². The van der Waals surface area contributed by atoms with Crippen molar-refractivity contribution in [2.24, 2.45) is 5.92 Å². The van der Waals surface area contributed by atoms with Crippen LogP contribution in [0.25, 0.3) is 0 Å². The Morgan fingerprint density at radius 1 is 1.23 bits per heavy atom. The Kier molecular flexibility index (Phi) is 3.35. The number of nitrogens with one attached hydrogen (secondary N) is 1. The summed E-state index contributed by atoms with van der Waals surface area (Å²) in [4.78, 5) is 21.9. The van der Waals surface area contributed by atoms with Crippen molar-refractivity contribution in [3.63, 3.8) is 0 Å². The summed E-state index contributed by atoms with van der Waals surface area (Å²) in [6.07, 6.45) is 9.69. The Morgan fingerprint density at radius 3 is 2.82 bits per heavy atom. The van der Waals surface area contributed by atoms with E-state index in [0.717, 1.165) is 31.7 Å². The Balaban J connectivity index is 1.64. The summed E-state index contributed by atoms with van der Waals surface area (Å²) in [5.74, 6) is 1.79. The number of nitrogens with zero attached hydrogens (tertiary/aromatic N) is 4. The van der Waals surface area contributed by atoms with Crippen molar-refractivity contribution in [1.29, 1.82) is 0 Å². The lowest BCUT2D eigenvalue weighted by Crippen LogP contribution is -2.43. The second-order valence-corrected chi connectivity index (χ2v) is 6.67. The van der Waals surface area contributed by atoms with Crippen molar-refractivity contribution in [3.05, 3.63) is 16.3 Å². The van der Waals surface area contributed by atoms with Crippen molar-refractivity contribution in [1.82, 2.24) is 9.97 Å². The minimum Gasteiger partial charge on any atom is -0.361 e. The number of fused-ring (bicyclic) bond motifs is 1. The highest BCUT2D eigenvalue weighted by atomic mass is 16.6. The number of piperidine rings is 1. The van der Waals surface area contributed by atoms with Gasteiger partial charge in [0.25, 0.3) is 0 Å². The van der Waals surface area contributed by atoms with Gasteiger partial charge in [0.15, 0.2) is 0 Å². The Labute approximate surface area is 129 Å². The summed E-state index contributed by atoms with van der Waals surface area (Å²) in [6, 6.07) is 0.853. The Hall–Kier alpha value is -1.92. The molecule has 2 atom stereocenters. The molecule has 0 spiro atoms. The first-order valence-corrected chi connectivity index (χ1v) is 8.27. The van der Waals surface area contributed by atoms with Gasteiger partial charge in [0.1, 0.15) is 6.20 Å². The van der Waals surface area contributed by atoms with Crippen molar-refractivity contribution in [3.8, 4) is 0 Å². The zero-order valence-corrected chi connectivity index (χ0v) is 12.6. The number of rotatable bonds is 4. The minimum absolute atomic E-state index is 0.0179. The molecule has 1 aromatic rings. The summed E-state index contributed by atoms with van der Waals surface area (Å²) in [5.41, 5.74) is -0.0179. The molecule has 0 amide bonds. The van der Waals surface area contributed by atoms with Crippen LogP contribution in [0.3, 0.4) is 0 Å². The third kappa shape index (κ3) is 2.48. The molecule has 0 radical (unpaired) electrons. The molecule has 3 fully saturated rings. The lowest BCUT2D eigenvalue weighted by molar-refractivity contribution is -0.384. The van der Waals surface area contributed by atoms with Gasteiger partial charge in [0.05, 0.1) is 4.92 Å². The van der Waals surface area contributed by atoms with Gasteiger partial charge in [-0.3, -0.25) is 10.1 Å². The van der Waals surface area contributed by atoms with E-state index in [9.17, 15) is 10.1 Å². The molecular weight excluding hydrogens is 282 g/mol. The maximum absolute atomic E-state index is 11.2. The number of hydrogen-bond donors (Lipinski definition) is 1. The molecule has 22 heavy (non-hydrogen) atoms. The van der Waals surface area contributed by atoms with Gasteiger partial charge in [-0.2, -0.15) is 4.98 Å². The number of aromatic nitrogens is 2. The molecule has 2 aliphatic carbocycles. The van der Waals surface area contributed by atoms with Crippen molar-refractivity contribution < 1.29 is 4.92 Å². The first-order valence-electron chi connectivity index (χ1n) is 8.27. The largest absolute Gasteiger partial charge is 0.361 e. The maximum atomic E-state index is 11.2. The van der Waals surface area contributed by atoms with Gasteiger partial charge < -0.3 is 10.2 Å². The van der Waals surface area contributed by atoms with E-state index in [4.69, 9.17) is 0 Å². The average molecular weight is 303 g/mol. The fourth-order valence-corrected chi connectivity index (χ4v) is 3.87. The predicted octanol–water partition coefficient (Wildman–Crippen LogP) is 2.73. The molecule has 1 aliphatic heterocycles. The summed E-state index contributed by atoms with van der Waals surface area (Å²) in [6.45, 7) is 0.960. The van der Waals surface area contributed by atoms with Crippen LogP contribution in [0.1, 0.15) is 44.9 Å². The molecule has 4 rings (SSSR count). The standard InChI is InChI=1S/C15H21N5O2/c21-20(22)13-9-16-15(18-14(13)17-11-6-7-11)19-8-2-4-10-3-1-5-12(10)19/h9-12H,1-8H2,(H,16,17,18)/t10-,12-/m0/s1. The second kappa shape index (κ2) is 5.37. The maximum Gasteiger partial charge on any atom is 0.329 e. The van der Waals surface area contributed by atoms with Crippen LogP contribution in [-0.4, -0.2) is 33.5 Å². The molecule has 2 saturated carbocycles. The van der Waals surface area contributed by atoms with E-state index in [1.807, 2.05) is 0 Å². The van der Waals surface area contributed by atoms with Gasteiger partial charge in [-0.1, -0.05) is 6.42 Å². The molecule has 1 saturated heterocycles. The molecule has 7 nitrogen and oxygen atoms in total. The van der Waals surface area contributed by atoms with Crippen molar-refractivity contribution in [2.75, 3.05) is 16.8 Å². The summed E-state index contributed by atoms with van der Waals surface area (Å²) >= 11 is 0. The fourth-order valence-electron chi connectivity index (χ4n) is 3.87. The van der Waals surface area contributed by atoms with Gasteiger partial charge in [-0.15, -0.1) is 0 Å². The van der Waals surface area contributed by atoms with E-state index in [0.29, 0.717) is 23.8 Å². The molecule has 2 heterocycles. The van der Waals surface area contributed by atoms with Gasteiger partial charge in [-0.25, -0.2) is 4.98 Å². The lowest BCUT2D eigenvalue weighted by atomic mass is 9.92. The smallest absolute Gasteiger partial charge is 0.329 e. The molecule has 0 unspecified atom stereocenters. The first-order chi connectivity index (χ1) is 10.7. The van der Waals surface area contributed by atoms with E-state index in [-0.39, 0.29) is 5.69 Å². The molecular formula is C15H21N5O2. The molecule has 3 aliphatic rings. The molecule has 1 N–H and O–H groups in total. The van der Waals surface area contributed by atoms with Crippen LogP contribution in [0.4, 0.5) is 17.5 Å². The average Bonchev–Trinajstić information content (AvgIpc) is 3.19. The van der Waals surface area contributed by atoms with Gasteiger partial charge in [0.2, 0.25) is 11.8 Å². The SMILES string of the molecule is O=[N+]([O-])c1cnc(N2CCC[C@@H]3CCC[C@@H]32)nc1NC1CC1. The third-order valence-electron chi connectivity index (χ3n) is 5.12. The molecule has 7 heteroatoms. The highest BCUT2D eigenvalue weighted by molar-refractivity contribution is 5.58. The van der Waals surface area contributed by atoms with Crippen LogP contribution in [-0.2, 0) is 0 Å². The summed E-state index contributed by atoms with van der Waals surface area (Å²) in [5, 5.41) is 14.4. The second-order valence-electron chi connectivity index (χ2n) is 6.67. The number of anilines is 2. The topological polar surface area (TPSA) is 84.2 Å². The highest BCUT2D eigenvalue weighted by Gasteiger charge is 2.37. The first kappa shape index (κ1) is 13.7. The molecule has 1 aromatic heterocycles. The normalized spacial score (nSPS) is 27.5. The minimum atomic E-state index is -0.400. The quantitative estimate of drug-likeness (QED) is 0.680. The Morgan fingerprint density at radius 2 is 2.05 bits per heavy atom. The van der Waals surface area contributed by atoms with Crippen LogP contribution >= 0.6 is 0 Å². The third-order valence-corrected chi connectivity index (χ3v) is 5.12. The Bertz CT molecular complexity index is 589. The van der Waals surface area contributed by atoms with Crippen LogP contribution in [0, 0.1) is 16.0 Å². The van der Waals surface area contributed by atoms with E-state index >= 15 is 0 Å². The van der Waals surface area contributed by atoms with Crippen molar-refractivity contribution in [2.45, 2.75) is 57.0 Å². The summed E-state index contributed by atoms with van der Waals surface area (Å²) < 4.78 is 0. The molecule has 118 valence electrons. The number of hydrogen-bond acceptors (Lipinski definition) is 6. The monoisotopic (exact) mass is 303 g/mol. The van der Waals surface area contributed by atoms with Crippen LogP contribution in [0.2, 0.25) is 0 Å². The van der Waals surface area contributed by atoms with E-state index in [2.05, 4.69) is 20.2 Å². The zero-order chi connectivity index (χ0) is 15.1. The van der Waals surface area contributed by atoms with E-state index in [1.165, 1.54) is 31.9 Å². The fraction of sp³-hybridized carbons (Fsp3) is 0.733. The summed E-state index contributed by atoms with van der Waals surface area (Å²) in [7, 11) is 0. The van der Waals surface area contributed by atoms with E-state index in [1.54, 1.807) is 0 Å². The van der Waals surface area contributed by atoms with Gasteiger partial charge in [0, 0.05) is 18.6 Å². The van der Waals surface area contributed by atoms with Crippen LogP contribution < -0.4 is 10.2 Å². The number of nitro groups is 1. The molecule has 0 bridgehead atoms. The van der Waals surface area contributed by atoms with Gasteiger partial charge in [-0.05, 0) is 44.4 Å². The van der Waals surface area contributed by atoms with Crippen LogP contribution in [0.15, 0.2) is 6.20 Å².